The minimum Gasteiger partial charge on any atom is -0.383 e. The van der Waals surface area contributed by atoms with Crippen molar-refractivity contribution in [3.8, 4) is 0 Å². The van der Waals surface area contributed by atoms with Gasteiger partial charge in [-0.15, -0.1) is 35.3 Å². The van der Waals surface area contributed by atoms with Gasteiger partial charge in [-0.3, -0.25) is 0 Å². The topological polar surface area (TPSA) is 90.8 Å². The van der Waals surface area contributed by atoms with Crippen LogP contribution in [0, 0.1) is 0 Å². The van der Waals surface area contributed by atoms with Crippen molar-refractivity contribution in [2.45, 2.75) is 45.0 Å². The summed E-state index contributed by atoms with van der Waals surface area (Å²) in [4.78, 5) is 5.22. The number of hydrogen-bond acceptors (Lipinski definition) is 5. The highest BCUT2D eigenvalue weighted by Gasteiger charge is 2.28. The summed E-state index contributed by atoms with van der Waals surface area (Å²) in [5.74, 6) is 0.529. The van der Waals surface area contributed by atoms with Gasteiger partial charge in [-0.05, 0) is 46.1 Å². The Hall–Kier alpha value is -0.390. The first-order valence-electron chi connectivity index (χ1n) is 8.00. The predicted molar refractivity (Wildman–Crippen MR) is 117 cm³/mol. The quantitative estimate of drug-likeness (QED) is 0.302. The van der Waals surface area contributed by atoms with E-state index in [1.807, 2.05) is 24.4 Å². The molecule has 0 aliphatic heterocycles. The van der Waals surface area contributed by atoms with Crippen molar-refractivity contribution >= 4 is 51.1 Å². The molecule has 0 aliphatic carbocycles. The van der Waals surface area contributed by atoms with Crippen molar-refractivity contribution in [3.63, 3.8) is 0 Å². The molecule has 0 saturated heterocycles. The molecular formula is C16H30IN3O3S2. The molecule has 1 atom stereocenters. The number of nitrogens with zero attached hydrogens (tertiary/aromatic N) is 1. The lowest BCUT2D eigenvalue weighted by Gasteiger charge is -2.21. The Morgan fingerprint density at radius 3 is 2.40 bits per heavy atom. The minimum atomic E-state index is -3.18. The van der Waals surface area contributed by atoms with Gasteiger partial charge in [0.25, 0.3) is 0 Å². The maximum Gasteiger partial charge on any atom is 0.191 e. The third-order valence-electron chi connectivity index (χ3n) is 3.54. The molecule has 0 radical (unpaired) electrons. The molecule has 146 valence electrons. The Balaban J connectivity index is 0.00000576. The molecule has 1 aromatic rings. The van der Waals surface area contributed by atoms with Crippen LogP contribution in [0.4, 0.5) is 0 Å². The van der Waals surface area contributed by atoms with E-state index in [1.54, 1.807) is 27.7 Å². The fourth-order valence-corrected chi connectivity index (χ4v) is 3.61. The molecule has 9 heteroatoms. The summed E-state index contributed by atoms with van der Waals surface area (Å²) in [5, 5.41) is 18.5. The van der Waals surface area contributed by atoms with E-state index >= 15 is 0 Å². The van der Waals surface area contributed by atoms with Gasteiger partial charge in [-0.1, -0.05) is 6.07 Å². The molecule has 6 nitrogen and oxygen atoms in total. The summed E-state index contributed by atoms with van der Waals surface area (Å²) < 4.78 is 23.5. The molecule has 0 fully saturated rings. The highest BCUT2D eigenvalue weighted by Crippen LogP contribution is 2.25. The summed E-state index contributed by atoms with van der Waals surface area (Å²) in [7, 11) is -3.18. The molecule has 25 heavy (non-hydrogen) atoms. The predicted octanol–water partition coefficient (Wildman–Crippen LogP) is 2.34. The largest absolute Gasteiger partial charge is 0.383 e. The van der Waals surface area contributed by atoms with Crippen LogP contribution < -0.4 is 10.6 Å². The maximum atomic E-state index is 12.1. The highest BCUT2D eigenvalue weighted by atomic mass is 127. The van der Waals surface area contributed by atoms with Gasteiger partial charge in [0.05, 0.1) is 17.0 Å². The fourth-order valence-electron chi connectivity index (χ4n) is 1.85. The summed E-state index contributed by atoms with van der Waals surface area (Å²) in [5.41, 5.74) is -1.05. The zero-order valence-electron chi connectivity index (χ0n) is 15.5. The smallest absolute Gasteiger partial charge is 0.191 e. The van der Waals surface area contributed by atoms with E-state index in [0.717, 1.165) is 4.88 Å². The summed E-state index contributed by atoms with van der Waals surface area (Å²) in [6.07, 6.45) is 0. The van der Waals surface area contributed by atoms with Crippen molar-refractivity contribution in [3.05, 3.63) is 22.4 Å². The number of guanidine groups is 1. The Morgan fingerprint density at radius 2 is 1.92 bits per heavy atom. The van der Waals surface area contributed by atoms with Crippen molar-refractivity contribution in [2.75, 3.05) is 25.4 Å². The maximum absolute atomic E-state index is 12.1. The van der Waals surface area contributed by atoms with Crippen LogP contribution in [0.5, 0.6) is 0 Å². The molecule has 0 saturated carbocycles. The zero-order valence-corrected chi connectivity index (χ0v) is 19.5. The van der Waals surface area contributed by atoms with Gasteiger partial charge in [0, 0.05) is 18.0 Å². The number of aliphatic hydroxyl groups is 1. The monoisotopic (exact) mass is 503 g/mol. The second-order valence-electron chi connectivity index (χ2n) is 6.80. The third-order valence-corrected chi connectivity index (χ3v) is 7.27. The van der Waals surface area contributed by atoms with Crippen molar-refractivity contribution in [1.29, 1.82) is 0 Å². The van der Waals surface area contributed by atoms with E-state index < -0.39 is 20.2 Å². The SMILES string of the molecule is CCNC(=NCC(C)(O)c1cccs1)NCCS(=O)(=O)C(C)(C)C.I. The van der Waals surface area contributed by atoms with Crippen LogP contribution in [0.2, 0.25) is 0 Å². The number of rotatable bonds is 7. The molecule has 0 aliphatic rings. The van der Waals surface area contributed by atoms with E-state index in [9.17, 15) is 13.5 Å². The van der Waals surface area contributed by atoms with Crippen molar-refractivity contribution in [1.82, 2.24) is 10.6 Å². The van der Waals surface area contributed by atoms with Crippen LogP contribution in [-0.2, 0) is 15.4 Å². The number of hydrogen-bond donors (Lipinski definition) is 3. The first-order valence-corrected chi connectivity index (χ1v) is 10.5. The molecule has 0 amide bonds. The molecule has 0 aromatic carbocycles. The van der Waals surface area contributed by atoms with Gasteiger partial charge >= 0.3 is 0 Å². The van der Waals surface area contributed by atoms with Crippen LogP contribution in [0.1, 0.15) is 39.5 Å². The molecule has 1 aromatic heterocycles. The summed E-state index contributed by atoms with van der Waals surface area (Å²) >= 11 is 1.48. The van der Waals surface area contributed by atoms with E-state index in [2.05, 4.69) is 15.6 Å². The molecule has 3 N–H and O–H groups in total. The lowest BCUT2D eigenvalue weighted by molar-refractivity contribution is 0.0711. The van der Waals surface area contributed by atoms with Gasteiger partial charge in [-0.25, -0.2) is 13.4 Å². The minimum absolute atomic E-state index is 0. The second-order valence-corrected chi connectivity index (χ2v) is 10.6. The Labute approximate surface area is 172 Å². The van der Waals surface area contributed by atoms with Gasteiger partial charge in [0.2, 0.25) is 0 Å². The Kier molecular flexibility index (Phi) is 9.92. The number of nitrogens with one attached hydrogen (secondary N) is 2. The van der Waals surface area contributed by atoms with Crippen LogP contribution >= 0.6 is 35.3 Å². The Bertz CT molecular complexity index is 636. The van der Waals surface area contributed by atoms with Crippen molar-refractivity contribution < 1.29 is 13.5 Å². The average molecular weight is 503 g/mol. The van der Waals surface area contributed by atoms with E-state index in [1.165, 1.54) is 11.3 Å². The lowest BCUT2D eigenvalue weighted by Crippen LogP contribution is -2.42. The van der Waals surface area contributed by atoms with Crippen molar-refractivity contribution in [2.24, 2.45) is 4.99 Å². The molecule has 1 unspecified atom stereocenters. The fraction of sp³-hybridized carbons (Fsp3) is 0.688. The van der Waals surface area contributed by atoms with Crippen LogP contribution in [0.3, 0.4) is 0 Å². The third kappa shape index (κ3) is 7.79. The number of halogens is 1. The number of aliphatic imine (C=N–C) groups is 1. The van der Waals surface area contributed by atoms with E-state index in [-0.39, 0.29) is 42.8 Å². The zero-order chi connectivity index (χ0) is 18.4. The highest BCUT2D eigenvalue weighted by molar-refractivity contribution is 14.0. The first-order chi connectivity index (χ1) is 11.0. The average Bonchev–Trinajstić information content (AvgIpc) is 2.98. The molecular weight excluding hydrogens is 473 g/mol. The van der Waals surface area contributed by atoms with Crippen LogP contribution in [0.15, 0.2) is 22.5 Å². The lowest BCUT2D eigenvalue weighted by atomic mass is 10.1. The molecule has 0 bridgehead atoms. The van der Waals surface area contributed by atoms with Gasteiger partial charge in [0.1, 0.15) is 5.60 Å². The van der Waals surface area contributed by atoms with Gasteiger partial charge in [-0.2, -0.15) is 0 Å². The first kappa shape index (κ1) is 24.6. The standard InChI is InChI=1S/C16H29N3O3S2.HI/c1-6-17-14(18-9-11-24(21,22)15(2,3)4)19-12-16(5,20)13-8-7-10-23-13;/h7-8,10,20H,6,9,11-12H2,1-5H3,(H2,17,18,19);1H. The van der Waals surface area contributed by atoms with E-state index in [4.69, 9.17) is 0 Å². The summed E-state index contributed by atoms with van der Waals surface area (Å²) in [6, 6.07) is 3.76. The Morgan fingerprint density at radius 1 is 1.28 bits per heavy atom. The van der Waals surface area contributed by atoms with Crippen LogP contribution in [0.25, 0.3) is 0 Å². The normalized spacial score (nSPS) is 15.2. The van der Waals surface area contributed by atoms with Gasteiger partial charge < -0.3 is 15.7 Å². The molecule has 1 rings (SSSR count). The van der Waals surface area contributed by atoms with Crippen LogP contribution in [-0.4, -0.2) is 49.6 Å². The van der Waals surface area contributed by atoms with E-state index in [0.29, 0.717) is 12.5 Å². The second kappa shape index (κ2) is 10.1. The number of thiophene rings is 1. The summed E-state index contributed by atoms with van der Waals surface area (Å²) in [6.45, 7) is 9.84. The number of sulfone groups is 1. The van der Waals surface area contributed by atoms with Gasteiger partial charge in [0.15, 0.2) is 15.8 Å². The molecule has 0 spiro atoms. The molecule has 1 heterocycles.